The maximum absolute atomic E-state index is 5.25. The smallest absolute Gasteiger partial charge is 0.235 e. The van der Waals surface area contributed by atoms with Gasteiger partial charge in [-0.1, -0.05) is 12.8 Å². The van der Waals surface area contributed by atoms with Gasteiger partial charge >= 0.3 is 0 Å². The van der Waals surface area contributed by atoms with Gasteiger partial charge in [-0.05, 0) is 25.1 Å². The number of nitrogens with zero attached hydrogens (tertiary/aromatic N) is 2. The van der Waals surface area contributed by atoms with Gasteiger partial charge in [-0.15, -0.1) is 0 Å². The van der Waals surface area contributed by atoms with Crippen LogP contribution in [0.3, 0.4) is 0 Å². The van der Waals surface area contributed by atoms with Crippen LogP contribution in [-0.4, -0.2) is 35.3 Å². The molecule has 0 spiro atoms. The average Bonchev–Trinajstić information content (AvgIpc) is 2.90. The van der Waals surface area contributed by atoms with Gasteiger partial charge in [-0.2, -0.15) is 9.97 Å². The number of hydrogen-bond acceptors (Lipinski definition) is 5. The molecule has 0 aliphatic heterocycles. The van der Waals surface area contributed by atoms with Gasteiger partial charge in [0.2, 0.25) is 17.7 Å². The van der Waals surface area contributed by atoms with E-state index in [0.717, 1.165) is 12.8 Å². The number of nitrogens with one attached hydrogen (secondary N) is 2. The molecule has 0 aromatic carbocycles. The van der Waals surface area contributed by atoms with E-state index >= 15 is 0 Å². The van der Waals surface area contributed by atoms with Crippen LogP contribution in [0.1, 0.15) is 25.7 Å². The number of thiocarbonyl (C=S) groups is 1. The van der Waals surface area contributed by atoms with Gasteiger partial charge in [-0.25, -0.2) is 0 Å². The van der Waals surface area contributed by atoms with Crippen molar-refractivity contribution in [3.63, 3.8) is 0 Å². The molecule has 0 unspecified atom stereocenters. The van der Waals surface area contributed by atoms with Crippen molar-refractivity contribution in [2.24, 2.45) is 0 Å². The standard InChI is InChI=1S/C12H18N4O2S/c1-17-9-7-10(18-2)15-11(14-9)16-12(19)13-8-5-3-4-6-8/h7-8H,3-6H2,1-2H3,(H2,13,14,15,16,19). The lowest BCUT2D eigenvalue weighted by Crippen LogP contribution is -2.36. The van der Waals surface area contributed by atoms with Gasteiger partial charge in [0.1, 0.15) is 0 Å². The number of methoxy groups -OCH3 is 2. The Labute approximate surface area is 117 Å². The number of ether oxygens (including phenoxy) is 2. The van der Waals surface area contributed by atoms with E-state index in [1.54, 1.807) is 20.3 Å². The SMILES string of the molecule is COc1cc(OC)nc(NC(=S)NC2CCCC2)n1. The fourth-order valence-corrected chi connectivity index (χ4v) is 2.32. The summed E-state index contributed by atoms with van der Waals surface area (Å²) in [5, 5.41) is 6.75. The van der Waals surface area contributed by atoms with Crippen LogP contribution < -0.4 is 20.1 Å². The molecule has 1 aromatic heterocycles. The van der Waals surface area contributed by atoms with Crippen LogP contribution in [0.25, 0.3) is 0 Å². The minimum atomic E-state index is 0.367. The Morgan fingerprint density at radius 2 is 1.79 bits per heavy atom. The minimum Gasteiger partial charge on any atom is -0.481 e. The van der Waals surface area contributed by atoms with Gasteiger partial charge in [0, 0.05) is 6.04 Å². The first-order valence-corrected chi connectivity index (χ1v) is 6.66. The van der Waals surface area contributed by atoms with Gasteiger partial charge < -0.3 is 20.1 Å². The second-order valence-corrected chi connectivity index (χ2v) is 4.76. The average molecular weight is 282 g/mol. The molecule has 2 rings (SSSR count). The zero-order valence-electron chi connectivity index (χ0n) is 11.1. The second kappa shape index (κ2) is 6.51. The first-order chi connectivity index (χ1) is 9.21. The third-order valence-corrected chi connectivity index (χ3v) is 3.23. The predicted molar refractivity (Wildman–Crippen MR) is 76.7 cm³/mol. The van der Waals surface area contributed by atoms with E-state index in [0.29, 0.717) is 28.9 Å². The summed E-state index contributed by atoms with van der Waals surface area (Å²) in [4.78, 5) is 8.32. The summed E-state index contributed by atoms with van der Waals surface area (Å²) in [6, 6.07) is 2.06. The van der Waals surface area contributed by atoms with Crippen LogP contribution in [-0.2, 0) is 0 Å². The van der Waals surface area contributed by atoms with Crippen molar-refractivity contribution in [3.8, 4) is 11.8 Å². The molecule has 2 N–H and O–H groups in total. The van der Waals surface area contributed by atoms with E-state index in [9.17, 15) is 0 Å². The first kappa shape index (κ1) is 13.8. The zero-order chi connectivity index (χ0) is 13.7. The van der Waals surface area contributed by atoms with E-state index in [2.05, 4.69) is 20.6 Å². The third-order valence-electron chi connectivity index (χ3n) is 3.01. The summed E-state index contributed by atoms with van der Waals surface area (Å²) >= 11 is 5.25. The predicted octanol–water partition coefficient (Wildman–Crippen LogP) is 1.72. The van der Waals surface area contributed by atoms with Crippen LogP contribution in [0.15, 0.2) is 6.07 Å². The summed E-state index contributed by atoms with van der Waals surface area (Å²) in [6.45, 7) is 0. The number of hydrogen-bond donors (Lipinski definition) is 2. The van der Waals surface area contributed by atoms with Crippen LogP contribution >= 0.6 is 12.2 Å². The van der Waals surface area contributed by atoms with Crippen molar-refractivity contribution in [1.29, 1.82) is 0 Å². The quantitative estimate of drug-likeness (QED) is 0.815. The highest BCUT2D eigenvalue weighted by atomic mass is 32.1. The lowest BCUT2D eigenvalue weighted by atomic mass is 10.3. The second-order valence-electron chi connectivity index (χ2n) is 4.36. The molecule has 0 radical (unpaired) electrons. The highest BCUT2D eigenvalue weighted by Crippen LogP contribution is 2.19. The Bertz CT molecular complexity index is 427. The Balaban J connectivity index is 1.98. The van der Waals surface area contributed by atoms with E-state index in [1.165, 1.54) is 12.8 Å². The molecule has 1 aromatic rings. The van der Waals surface area contributed by atoms with Crippen molar-refractivity contribution in [2.45, 2.75) is 31.7 Å². The first-order valence-electron chi connectivity index (χ1n) is 6.26. The maximum Gasteiger partial charge on any atom is 0.235 e. The van der Waals surface area contributed by atoms with E-state index in [-0.39, 0.29) is 0 Å². The molecule has 104 valence electrons. The Morgan fingerprint density at radius 1 is 1.21 bits per heavy atom. The fraction of sp³-hybridized carbons (Fsp3) is 0.583. The highest BCUT2D eigenvalue weighted by Gasteiger charge is 2.16. The van der Waals surface area contributed by atoms with Crippen LogP contribution in [0, 0.1) is 0 Å². The Morgan fingerprint density at radius 3 is 2.32 bits per heavy atom. The van der Waals surface area contributed by atoms with Crippen molar-refractivity contribution in [3.05, 3.63) is 6.07 Å². The molecule has 1 heterocycles. The lowest BCUT2D eigenvalue weighted by molar-refractivity contribution is 0.373. The minimum absolute atomic E-state index is 0.367. The normalized spacial score (nSPS) is 15.1. The van der Waals surface area contributed by atoms with E-state index < -0.39 is 0 Å². The van der Waals surface area contributed by atoms with Crippen LogP contribution in [0.2, 0.25) is 0 Å². The molecular formula is C12H18N4O2S. The summed E-state index contributed by atoms with van der Waals surface area (Å²) in [5.74, 6) is 1.22. The Hall–Kier alpha value is -1.63. The molecule has 1 aliphatic carbocycles. The maximum atomic E-state index is 5.25. The van der Waals surface area contributed by atoms with Gasteiger partial charge in [0.25, 0.3) is 0 Å². The molecule has 0 atom stereocenters. The number of anilines is 1. The highest BCUT2D eigenvalue weighted by molar-refractivity contribution is 7.80. The summed E-state index contributed by atoms with van der Waals surface area (Å²) < 4.78 is 10.2. The summed E-state index contributed by atoms with van der Waals surface area (Å²) in [6.07, 6.45) is 4.82. The third kappa shape index (κ3) is 3.92. The monoisotopic (exact) mass is 282 g/mol. The van der Waals surface area contributed by atoms with Crippen LogP contribution in [0.4, 0.5) is 5.95 Å². The van der Waals surface area contributed by atoms with Crippen molar-refractivity contribution >= 4 is 23.3 Å². The molecule has 7 heteroatoms. The zero-order valence-corrected chi connectivity index (χ0v) is 11.9. The molecule has 0 saturated heterocycles. The number of aromatic nitrogens is 2. The van der Waals surface area contributed by atoms with Gasteiger partial charge in [-0.3, -0.25) is 0 Å². The van der Waals surface area contributed by atoms with Crippen molar-refractivity contribution in [1.82, 2.24) is 15.3 Å². The van der Waals surface area contributed by atoms with Crippen molar-refractivity contribution in [2.75, 3.05) is 19.5 Å². The fourth-order valence-electron chi connectivity index (χ4n) is 2.06. The molecule has 19 heavy (non-hydrogen) atoms. The van der Waals surface area contributed by atoms with Gasteiger partial charge in [0.05, 0.1) is 20.3 Å². The topological polar surface area (TPSA) is 68.3 Å². The summed E-state index contributed by atoms with van der Waals surface area (Å²) in [7, 11) is 3.08. The molecule has 0 bridgehead atoms. The Kier molecular flexibility index (Phi) is 4.73. The molecule has 1 saturated carbocycles. The van der Waals surface area contributed by atoms with Crippen LogP contribution in [0.5, 0.6) is 11.8 Å². The number of rotatable bonds is 4. The van der Waals surface area contributed by atoms with E-state index in [4.69, 9.17) is 21.7 Å². The van der Waals surface area contributed by atoms with Crippen molar-refractivity contribution < 1.29 is 9.47 Å². The lowest BCUT2D eigenvalue weighted by Gasteiger charge is -2.15. The molecule has 0 amide bonds. The van der Waals surface area contributed by atoms with E-state index in [1.807, 2.05) is 0 Å². The molecular weight excluding hydrogens is 264 g/mol. The summed E-state index contributed by atoms with van der Waals surface area (Å²) in [5.41, 5.74) is 0. The largest absolute Gasteiger partial charge is 0.481 e. The molecule has 1 fully saturated rings. The van der Waals surface area contributed by atoms with Gasteiger partial charge in [0.15, 0.2) is 5.11 Å². The molecule has 6 nitrogen and oxygen atoms in total. The molecule has 1 aliphatic rings.